The van der Waals surface area contributed by atoms with Crippen molar-refractivity contribution in [1.82, 2.24) is 0 Å². The number of benzene rings is 3. The highest BCUT2D eigenvalue weighted by atomic mass is 35.5. The van der Waals surface area contributed by atoms with Crippen LogP contribution in [-0.4, -0.2) is 19.2 Å². The van der Waals surface area contributed by atoms with Crippen molar-refractivity contribution < 1.29 is 18.1 Å². The van der Waals surface area contributed by atoms with Crippen LogP contribution in [0.15, 0.2) is 77.7 Å². The second-order valence-electron chi connectivity index (χ2n) is 7.10. The summed E-state index contributed by atoms with van der Waals surface area (Å²) in [6.07, 6.45) is 2.86. The number of hydrogen-bond donors (Lipinski definition) is 0. The summed E-state index contributed by atoms with van der Waals surface area (Å²) < 4.78 is 27.6. The highest BCUT2D eigenvalue weighted by Gasteiger charge is 2.32. The lowest BCUT2D eigenvalue weighted by Crippen LogP contribution is -2.37. The number of amides is 1. The van der Waals surface area contributed by atoms with Gasteiger partial charge in [0.2, 0.25) is 0 Å². The lowest BCUT2D eigenvalue weighted by Gasteiger charge is -2.23. The zero-order valence-electron chi connectivity index (χ0n) is 17.3. The minimum atomic E-state index is -4.28. The minimum Gasteiger partial charge on any atom is -0.268 e. The van der Waals surface area contributed by atoms with Gasteiger partial charge >= 0.3 is 0 Å². The number of halogens is 1. The van der Waals surface area contributed by atoms with Crippen molar-refractivity contribution in [2.24, 2.45) is 0 Å². The van der Waals surface area contributed by atoms with Gasteiger partial charge in [0.15, 0.2) is 0 Å². The van der Waals surface area contributed by atoms with Crippen molar-refractivity contribution in [3.63, 3.8) is 0 Å². The van der Waals surface area contributed by atoms with E-state index in [1.165, 1.54) is 36.4 Å². The molecule has 0 aromatic heterocycles. The topological polar surface area (TPSA) is 97.6 Å². The lowest BCUT2D eigenvalue weighted by atomic mass is 10.1. The smallest absolute Gasteiger partial charge is 0.268 e. The fourth-order valence-corrected chi connectivity index (χ4v) is 4.64. The Balaban J connectivity index is 2.07. The molecule has 3 aromatic carbocycles. The largest absolute Gasteiger partial charge is 0.272 e. The quantitative estimate of drug-likeness (QED) is 0.312. The molecular formula is C23H21ClN2O5S. The number of carbonyl (C=O) groups is 1. The molecule has 0 saturated carbocycles. The summed E-state index contributed by atoms with van der Waals surface area (Å²) in [5.74, 6) is -0.823. The van der Waals surface area contributed by atoms with Crippen LogP contribution in [-0.2, 0) is 16.4 Å². The van der Waals surface area contributed by atoms with E-state index >= 15 is 0 Å². The number of non-ortho nitro benzene ring substituents is 1. The van der Waals surface area contributed by atoms with Gasteiger partial charge < -0.3 is 0 Å². The SMILES string of the molecule is CCCCc1ccc(N(C(=O)c2ccc([N+](=O)[O-])cc2)S(=O)(=O)c2ccc(Cl)cc2)cc1. The van der Waals surface area contributed by atoms with E-state index in [0.29, 0.717) is 9.33 Å². The van der Waals surface area contributed by atoms with Crippen molar-refractivity contribution in [2.45, 2.75) is 31.1 Å². The van der Waals surface area contributed by atoms with Gasteiger partial charge in [-0.15, -0.1) is 0 Å². The zero-order valence-corrected chi connectivity index (χ0v) is 18.8. The first kappa shape index (κ1) is 23.4. The average Bonchev–Trinajstić information content (AvgIpc) is 2.79. The van der Waals surface area contributed by atoms with Gasteiger partial charge in [-0.2, -0.15) is 4.31 Å². The van der Waals surface area contributed by atoms with Gasteiger partial charge in [0.25, 0.3) is 21.6 Å². The maximum absolute atomic E-state index is 13.4. The Kier molecular flexibility index (Phi) is 7.27. The monoisotopic (exact) mass is 472 g/mol. The highest BCUT2D eigenvalue weighted by Crippen LogP contribution is 2.28. The number of sulfonamides is 1. The van der Waals surface area contributed by atoms with Crippen molar-refractivity contribution >= 4 is 38.9 Å². The molecule has 0 N–H and O–H groups in total. The molecule has 0 atom stereocenters. The van der Waals surface area contributed by atoms with E-state index in [2.05, 4.69) is 6.92 Å². The van der Waals surface area contributed by atoms with Crippen LogP contribution in [0.25, 0.3) is 0 Å². The Morgan fingerprint density at radius 2 is 1.56 bits per heavy atom. The molecule has 7 nitrogen and oxygen atoms in total. The summed E-state index contributed by atoms with van der Waals surface area (Å²) in [5, 5.41) is 11.3. The van der Waals surface area contributed by atoms with Gasteiger partial charge in [-0.25, -0.2) is 8.42 Å². The van der Waals surface area contributed by atoms with E-state index in [9.17, 15) is 23.3 Å². The van der Waals surface area contributed by atoms with Gasteiger partial charge in [0.1, 0.15) is 0 Å². The van der Waals surface area contributed by atoms with Crippen LogP contribution in [0, 0.1) is 10.1 Å². The molecule has 9 heteroatoms. The molecular weight excluding hydrogens is 452 g/mol. The Morgan fingerprint density at radius 1 is 0.969 bits per heavy atom. The van der Waals surface area contributed by atoms with E-state index in [1.807, 2.05) is 0 Å². The number of carbonyl (C=O) groups excluding carboxylic acids is 1. The number of anilines is 1. The van der Waals surface area contributed by atoms with Crippen LogP contribution >= 0.6 is 11.6 Å². The minimum absolute atomic E-state index is 0.00296. The fraction of sp³-hybridized carbons (Fsp3) is 0.174. The number of hydrogen-bond acceptors (Lipinski definition) is 5. The number of aryl methyl sites for hydroxylation is 1. The Labute approximate surface area is 191 Å². The van der Waals surface area contributed by atoms with Crippen molar-refractivity contribution in [3.8, 4) is 0 Å². The van der Waals surface area contributed by atoms with Gasteiger partial charge in [-0.1, -0.05) is 37.1 Å². The summed E-state index contributed by atoms with van der Waals surface area (Å²) in [4.78, 5) is 23.5. The molecule has 3 rings (SSSR count). The lowest BCUT2D eigenvalue weighted by molar-refractivity contribution is -0.384. The Morgan fingerprint density at radius 3 is 2.09 bits per heavy atom. The van der Waals surface area contributed by atoms with E-state index in [0.717, 1.165) is 37.0 Å². The van der Waals surface area contributed by atoms with Crippen LogP contribution in [0.3, 0.4) is 0 Å². The normalized spacial score (nSPS) is 11.2. The molecule has 166 valence electrons. The number of nitro groups is 1. The van der Waals surface area contributed by atoms with Crippen LogP contribution in [0.5, 0.6) is 0 Å². The van der Waals surface area contributed by atoms with Gasteiger partial charge in [-0.05, 0) is 66.9 Å². The molecule has 0 saturated heterocycles. The van der Waals surface area contributed by atoms with Gasteiger partial charge in [0.05, 0.1) is 15.5 Å². The maximum Gasteiger partial charge on any atom is 0.272 e. The molecule has 0 spiro atoms. The molecule has 0 heterocycles. The van der Waals surface area contributed by atoms with Gasteiger partial charge in [-0.3, -0.25) is 14.9 Å². The molecule has 0 radical (unpaired) electrons. The van der Waals surface area contributed by atoms with Crippen molar-refractivity contribution in [1.29, 1.82) is 0 Å². The standard InChI is InChI=1S/C23H21ClN2O5S/c1-2-3-4-17-5-11-20(12-6-17)25(32(30,31)22-15-9-19(24)10-16-22)23(27)18-7-13-21(14-8-18)26(28)29/h5-16H,2-4H2,1H3. The van der Waals surface area contributed by atoms with E-state index in [4.69, 9.17) is 11.6 Å². The van der Waals surface area contributed by atoms with E-state index in [1.54, 1.807) is 24.3 Å². The van der Waals surface area contributed by atoms with Crippen LogP contribution < -0.4 is 4.31 Å². The third-order valence-electron chi connectivity index (χ3n) is 4.85. The predicted octanol–water partition coefficient (Wildman–Crippen LogP) is 5.63. The highest BCUT2D eigenvalue weighted by molar-refractivity contribution is 7.93. The van der Waals surface area contributed by atoms with E-state index in [-0.39, 0.29) is 21.8 Å². The first-order valence-corrected chi connectivity index (χ1v) is 11.7. The number of unbranched alkanes of at least 4 members (excludes halogenated alkanes) is 1. The first-order chi connectivity index (χ1) is 15.2. The third kappa shape index (κ3) is 5.15. The third-order valence-corrected chi connectivity index (χ3v) is 6.83. The summed E-state index contributed by atoms with van der Waals surface area (Å²) >= 11 is 5.89. The molecule has 1 amide bonds. The molecule has 32 heavy (non-hydrogen) atoms. The number of nitrogens with zero attached hydrogens (tertiary/aromatic N) is 2. The first-order valence-electron chi connectivity index (χ1n) is 9.92. The summed E-state index contributed by atoms with van der Waals surface area (Å²) in [6.45, 7) is 2.08. The number of rotatable bonds is 8. The van der Waals surface area contributed by atoms with Crippen LogP contribution in [0.1, 0.15) is 35.7 Å². The van der Waals surface area contributed by atoms with E-state index < -0.39 is 20.9 Å². The van der Waals surface area contributed by atoms with Crippen molar-refractivity contribution in [2.75, 3.05) is 4.31 Å². The molecule has 0 aliphatic heterocycles. The average molecular weight is 473 g/mol. The van der Waals surface area contributed by atoms with Crippen LogP contribution in [0.4, 0.5) is 11.4 Å². The summed E-state index contributed by atoms with van der Waals surface area (Å²) in [5.41, 5.74) is 1.00. The maximum atomic E-state index is 13.4. The predicted molar refractivity (Wildman–Crippen MR) is 124 cm³/mol. The van der Waals surface area contributed by atoms with Crippen LogP contribution in [0.2, 0.25) is 5.02 Å². The summed E-state index contributed by atoms with van der Waals surface area (Å²) in [7, 11) is -4.28. The Hall–Kier alpha value is -3.23. The molecule has 0 fully saturated rings. The number of nitro benzene ring substituents is 1. The molecule has 3 aromatic rings. The molecule has 0 aliphatic rings. The molecule has 0 aliphatic carbocycles. The van der Waals surface area contributed by atoms with Crippen molar-refractivity contribution in [3.05, 3.63) is 99.1 Å². The second-order valence-corrected chi connectivity index (χ2v) is 9.33. The Bertz CT molecular complexity index is 1210. The van der Waals surface area contributed by atoms with Gasteiger partial charge in [0, 0.05) is 22.7 Å². The molecule has 0 unspecified atom stereocenters. The second kappa shape index (κ2) is 9.93. The molecule has 0 bridgehead atoms. The summed E-state index contributed by atoms with van der Waals surface area (Å²) in [6, 6.07) is 17.0. The fourth-order valence-electron chi connectivity index (χ4n) is 3.10. The zero-order chi connectivity index (χ0) is 23.3.